The molecule has 0 heterocycles. The monoisotopic (exact) mass is 236 g/mol. The lowest BCUT2D eigenvalue weighted by atomic mass is 10.1. The maximum Gasteiger partial charge on any atom is 0.254 e. The second-order valence-corrected chi connectivity index (χ2v) is 4.22. The highest BCUT2D eigenvalue weighted by molar-refractivity contribution is 5.95. The molecule has 5 nitrogen and oxygen atoms in total. The van der Waals surface area contributed by atoms with Crippen LogP contribution in [0.1, 0.15) is 23.2 Å². The van der Waals surface area contributed by atoms with Crippen molar-refractivity contribution in [3.8, 4) is 11.5 Å². The van der Waals surface area contributed by atoms with E-state index in [1.54, 1.807) is 4.90 Å². The van der Waals surface area contributed by atoms with Gasteiger partial charge in [-0.15, -0.1) is 0 Å². The first-order valence-electron chi connectivity index (χ1n) is 5.66. The van der Waals surface area contributed by atoms with E-state index in [4.69, 9.17) is 5.73 Å². The van der Waals surface area contributed by atoms with Crippen LogP contribution >= 0.6 is 0 Å². The first-order chi connectivity index (χ1) is 8.13. The summed E-state index contributed by atoms with van der Waals surface area (Å²) >= 11 is 0. The molecule has 0 bridgehead atoms. The van der Waals surface area contributed by atoms with Gasteiger partial charge in [-0.2, -0.15) is 0 Å². The zero-order chi connectivity index (χ0) is 12.4. The molecule has 1 aliphatic carbocycles. The molecule has 0 saturated heterocycles. The van der Waals surface area contributed by atoms with Crippen LogP contribution in [0.15, 0.2) is 18.2 Å². The Bertz CT molecular complexity index is 430. The second kappa shape index (κ2) is 4.63. The highest BCUT2D eigenvalue weighted by Gasteiger charge is 2.32. The quantitative estimate of drug-likeness (QED) is 0.670. The van der Waals surface area contributed by atoms with Crippen molar-refractivity contribution in [3.63, 3.8) is 0 Å². The molecule has 2 rings (SSSR count). The van der Waals surface area contributed by atoms with Gasteiger partial charge in [0, 0.05) is 24.7 Å². The van der Waals surface area contributed by atoms with Crippen LogP contribution in [0, 0.1) is 0 Å². The number of hydrogen-bond donors (Lipinski definition) is 3. The predicted molar refractivity (Wildman–Crippen MR) is 62.9 cm³/mol. The minimum absolute atomic E-state index is 0.145. The molecule has 0 atom stereocenters. The lowest BCUT2D eigenvalue weighted by Gasteiger charge is -2.21. The summed E-state index contributed by atoms with van der Waals surface area (Å²) in [6, 6.07) is 4.38. The third-order valence-corrected chi connectivity index (χ3v) is 2.84. The average molecular weight is 236 g/mol. The van der Waals surface area contributed by atoms with Gasteiger partial charge in [0.1, 0.15) is 0 Å². The number of rotatable bonds is 4. The number of nitrogens with two attached hydrogens (primary N) is 1. The molecule has 1 amide bonds. The van der Waals surface area contributed by atoms with Crippen LogP contribution in [0.2, 0.25) is 0 Å². The maximum atomic E-state index is 12.2. The molecule has 0 unspecified atom stereocenters. The van der Waals surface area contributed by atoms with Crippen LogP contribution in [0.25, 0.3) is 0 Å². The first-order valence-corrected chi connectivity index (χ1v) is 5.66. The summed E-state index contributed by atoms with van der Waals surface area (Å²) in [5, 5.41) is 18.6. The molecular weight excluding hydrogens is 220 g/mol. The van der Waals surface area contributed by atoms with Crippen molar-refractivity contribution in [2.45, 2.75) is 18.9 Å². The fourth-order valence-corrected chi connectivity index (χ4v) is 1.80. The van der Waals surface area contributed by atoms with Crippen LogP contribution in [0.4, 0.5) is 0 Å². The van der Waals surface area contributed by atoms with Gasteiger partial charge in [-0.3, -0.25) is 4.79 Å². The van der Waals surface area contributed by atoms with E-state index < -0.39 is 0 Å². The third kappa shape index (κ3) is 2.50. The molecule has 92 valence electrons. The van der Waals surface area contributed by atoms with Crippen molar-refractivity contribution in [2.75, 3.05) is 13.1 Å². The van der Waals surface area contributed by atoms with Crippen molar-refractivity contribution < 1.29 is 15.0 Å². The van der Waals surface area contributed by atoms with E-state index in [2.05, 4.69) is 0 Å². The number of phenolic OH excluding ortho intramolecular Hbond substituents is 2. The van der Waals surface area contributed by atoms with E-state index in [1.165, 1.54) is 18.2 Å². The molecule has 1 aromatic rings. The number of nitrogens with zero attached hydrogens (tertiary/aromatic N) is 1. The molecule has 4 N–H and O–H groups in total. The van der Waals surface area contributed by atoms with Crippen LogP contribution in [0.5, 0.6) is 11.5 Å². The van der Waals surface area contributed by atoms with Crippen molar-refractivity contribution in [3.05, 3.63) is 23.8 Å². The van der Waals surface area contributed by atoms with Crippen molar-refractivity contribution >= 4 is 5.91 Å². The summed E-state index contributed by atoms with van der Waals surface area (Å²) in [4.78, 5) is 13.9. The molecular formula is C12H16N2O3. The number of amides is 1. The fourth-order valence-electron chi connectivity index (χ4n) is 1.80. The van der Waals surface area contributed by atoms with Crippen LogP contribution in [-0.4, -0.2) is 40.2 Å². The number of hydrogen-bond acceptors (Lipinski definition) is 4. The Hall–Kier alpha value is -1.75. The van der Waals surface area contributed by atoms with Gasteiger partial charge in [-0.05, 0) is 31.0 Å². The number of benzene rings is 1. The van der Waals surface area contributed by atoms with Gasteiger partial charge in [0.05, 0.1) is 0 Å². The van der Waals surface area contributed by atoms with Gasteiger partial charge in [0.25, 0.3) is 5.91 Å². The standard InChI is InChI=1S/C12H16N2O3/c13-5-6-14(9-2-3-9)12(17)8-1-4-10(15)11(16)7-8/h1,4,7,9,15-16H,2-3,5-6,13H2. The molecule has 0 radical (unpaired) electrons. The number of aromatic hydroxyl groups is 2. The largest absolute Gasteiger partial charge is 0.504 e. The molecule has 1 aliphatic rings. The van der Waals surface area contributed by atoms with Gasteiger partial charge in [-0.1, -0.05) is 0 Å². The normalized spacial score (nSPS) is 14.6. The minimum atomic E-state index is -0.278. The molecule has 1 fully saturated rings. The zero-order valence-electron chi connectivity index (χ0n) is 9.47. The Morgan fingerprint density at radius 2 is 2.06 bits per heavy atom. The lowest BCUT2D eigenvalue weighted by molar-refractivity contribution is 0.0747. The summed E-state index contributed by atoms with van der Waals surface area (Å²) in [7, 11) is 0. The third-order valence-electron chi connectivity index (χ3n) is 2.84. The minimum Gasteiger partial charge on any atom is -0.504 e. The number of carbonyl (C=O) groups is 1. The first kappa shape index (κ1) is 11.7. The molecule has 0 aromatic heterocycles. The van der Waals surface area contributed by atoms with E-state index in [1.807, 2.05) is 0 Å². The molecule has 5 heteroatoms. The van der Waals surface area contributed by atoms with E-state index in [0.29, 0.717) is 18.7 Å². The maximum absolute atomic E-state index is 12.2. The summed E-state index contributed by atoms with van der Waals surface area (Å²) in [6.07, 6.45) is 2.02. The Labute approximate surface area is 99.5 Å². The predicted octanol–water partition coefficient (Wildman–Crippen LogP) is 0.661. The SMILES string of the molecule is NCCN(C(=O)c1ccc(O)c(O)c1)C1CC1. The Balaban J connectivity index is 2.19. The van der Waals surface area contributed by atoms with Gasteiger partial charge in [-0.25, -0.2) is 0 Å². The zero-order valence-corrected chi connectivity index (χ0v) is 9.47. The molecule has 1 aromatic carbocycles. The topological polar surface area (TPSA) is 86.8 Å². The fraction of sp³-hybridized carbons (Fsp3) is 0.417. The Morgan fingerprint density at radius 3 is 2.59 bits per heavy atom. The smallest absolute Gasteiger partial charge is 0.254 e. The van der Waals surface area contributed by atoms with Crippen LogP contribution < -0.4 is 5.73 Å². The van der Waals surface area contributed by atoms with Crippen molar-refractivity contribution in [1.29, 1.82) is 0 Å². The highest BCUT2D eigenvalue weighted by Crippen LogP contribution is 2.30. The average Bonchev–Trinajstić information content (AvgIpc) is 3.13. The van der Waals surface area contributed by atoms with Gasteiger partial charge < -0.3 is 20.8 Å². The van der Waals surface area contributed by atoms with Crippen molar-refractivity contribution in [1.82, 2.24) is 4.90 Å². The second-order valence-electron chi connectivity index (χ2n) is 4.22. The molecule has 0 aliphatic heterocycles. The Morgan fingerprint density at radius 1 is 1.35 bits per heavy atom. The number of phenols is 2. The molecule has 0 spiro atoms. The van der Waals surface area contributed by atoms with Crippen LogP contribution in [-0.2, 0) is 0 Å². The summed E-state index contributed by atoms with van der Waals surface area (Å²) in [5.74, 6) is -0.647. The Kier molecular flexibility index (Phi) is 3.19. The number of carbonyl (C=O) groups excluding carboxylic acids is 1. The van der Waals surface area contributed by atoms with Gasteiger partial charge >= 0.3 is 0 Å². The van der Waals surface area contributed by atoms with E-state index in [9.17, 15) is 15.0 Å². The molecule has 17 heavy (non-hydrogen) atoms. The summed E-state index contributed by atoms with van der Waals surface area (Å²) < 4.78 is 0. The van der Waals surface area contributed by atoms with Crippen LogP contribution in [0.3, 0.4) is 0 Å². The van der Waals surface area contributed by atoms with E-state index in [-0.39, 0.29) is 23.4 Å². The van der Waals surface area contributed by atoms with Crippen molar-refractivity contribution in [2.24, 2.45) is 5.73 Å². The molecule has 1 saturated carbocycles. The van der Waals surface area contributed by atoms with E-state index in [0.717, 1.165) is 12.8 Å². The van der Waals surface area contributed by atoms with Gasteiger partial charge in [0.2, 0.25) is 0 Å². The summed E-state index contributed by atoms with van der Waals surface area (Å²) in [5.41, 5.74) is 5.86. The lowest BCUT2D eigenvalue weighted by Crippen LogP contribution is -2.37. The highest BCUT2D eigenvalue weighted by atomic mass is 16.3. The summed E-state index contributed by atoms with van der Waals surface area (Å²) in [6.45, 7) is 0.942. The van der Waals surface area contributed by atoms with E-state index >= 15 is 0 Å². The van der Waals surface area contributed by atoms with Gasteiger partial charge in [0.15, 0.2) is 11.5 Å².